The fourth-order valence-electron chi connectivity index (χ4n) is 1.45. The van der Waals surface area contributed by atoms with E-state index < -0.39 is 11.7 Å². The van der Waals surface area contributed by atoms with Crippen LogP contribution in [0.2, 0.25) is 0 Å². The van der Waals surface area contributed by atoms with Crippen LogP contribution >= 0.6 is 15.9 Å². The number of benzene rings is 1. The van der Waals surface area contributed by atoms with Gasteiger partial charge in [-0.25, -0.2) is 9.37 Å². The van der Waals surface area contributed by atoms with Gasteiger partial charge in [-0.3, -0.25) is 0 Å². The molecule has 0 amide bonds. The smallest absolute Gasteiger partial charge is 0.132 e. The number of imidazole rings is 1. The highest BCUT2D eigenvalue weighted by molar-refractivity contribution is 9.10. The van der Waals surface area contributed by atoms with Crippen molar-refractivity contribution in [3.8, 4) is 6.07 Å². The van der Waals surface area contributed by atoms with Crippen molar-refractivity contribution < 1.29 is 4.39 Å². The fourth-order valence-corrected chi connectivity index (χ4v) is 1.83. The van der Waals surface area contributed by atoms with Crippen LogP contribution in [0.1, 0.15) is 17.3 Å². The number of nitrogens with zero attached hydrogens (tertiary/aromatic N) is 2. The van der Waals surface area contributed by atoms with Crippen LogP contribution in [0.15, 0.2) is 35.1 Å². The first-order valence-corrected chi connectivity index (χ1v) is 5.35. The maximum Gasteiger partial charge on any atom is 0.132 e. The summed E-state index contributed by atoms with van der Waals surface area (Å²) in [7, 11) is 0. The lowest BCUT2D eigenvalue weighted by molar-refractivity contribution is 0.606. The van der Waals surface area contributed by atoms with E-state index in [0.717, 1.165) is 4.47 Å². The van der Waals surface area contributed by atoms with Crippen LogP contribution in [0.3, 0.4) is 0 Å². The van der Waals surface area contributed by atoms with E-state index >= 15 is 0 Å². The lowest BCUT2D eigenvalue weighted by Crippen LogP contribution is -2.03. The SMILES string of the molecule is N#CC(c1ncc[nH]1)c1cc(Br)ccc1F. The van der Waals surface area contributed by atoms with Crippen molar-refractivity contribution in [1.82, 2.24) is 9.97 Å². The molecule has 1 heterocycles. The average molecular weight is 280 g/mol. The summed E-state index contributed by atoms with van der Waals surface area (Å²) < 4.78 is 14.3. The van der Waals surface area contributed by atoms with Gasteiger partial charge in [-0.2, -0.15) is 5.26 Å². The van der Waals surface area contributed by atoms with Gasteiger partial charge in [-0.15, -0.1) is 0 Å². The first-order chi connectivity index (χ1) is 7.72. The van der Waals surface area contributed by atoms with Crippen LogP contribution in [0.5, 0.6) is 0 Å². The van der Waals surface area contributed by atoms with Gasteiger partial charge in [0.15, 0.2) is 0 Å². The van der Waals surface area contributed by atoms with Crippen molar-refractivity contribution in [2.45, 2.75) is 5.92 Å². The third-order valence-corrected chi connectivity index (χ3v) is 2.68. The van der Waals surface area contributed by atoms with Gasteiger partial charge in [0.1, 0.15) is 17.6 Å². The number of nitriles is 1. The molecule has 0 spiro atoms. The number of hydrogen-bond donors (Lipinski definition) is 1. The molecule has 1 aromatic carbocycles. The summed E-state index contributed by atoms with van der Waals surface area (Å²) in [6.07, 6.45) is 3.14. The molecule has 80 valence electrons. The van der Waals surface area contributed by atoms with E-state index in [1.54, 1.807) is 18.3 Å². The number of nitrogens with one attached hydrogen (secondary N) is 1. The molecule has 16 heavy (non-hydrogen) atoms. The molecule has 1 N–H and O–H groups in total. The molecule has 0 aliphatic carbocycles. The summed E-state index contributed by atoms with van der Waals surface area (Å²) in [6, 6.07) is 6.54. The predicted octanol–water partition coefficient (Wildman–Crippen LogP) is 2.97. The lowest BCUT2D eigenvalue weighted by Gasteiger charge is -2.08. The Morgan fingerprint density at radius 1 is 1.50 bits per heavy atom. The van der Waals surface area contributed by atoms with Gasteiger partial charge in [0, 0.05) is 22.4 Å². The average Bonchev–Trinajstić information content (AvgIpc) is 2.78. The molecule has 5 heteroatoms. The first kappa shape index (κ1) is 10.8. The predicted molar refractivity (Wildman–Crippen MR) is 60.1 cm³/mol. The Morgan fingerprint density at radius 3 is 2.94 bits per heavy atom. The minimum atomic E-state index is -0.715. The van der Waals surface area contributed by atoms with E-state index in [9.17, 15) is 4.39 Å². The zero-order chi connectivity index (χ0) is 11.5. The Morgan fingerprint density at radius 2 is 2.31 bits per heavy atom. The Hall–Kier alpha value is -1.67. The molecule has 3 nitrogen and oxygen atoms in total. The summed E-state index contributed by atoms with van der Waals surface area (Å²) in [6.45, 7) is 0. The zero-order valence-electron chi connectivity index (χ0n) is 8.11. The van der Waals surface area contributed by atoms with Crippen LogP contribution in [0.25, 0.3) is 0 Å². The maximum absolute atomic E-state index is 13.6. The van der Waals surface area contributed by atoms with Gasteiger partial charge in [-0.05, 0) is 18.2 Å². The van der Waals surface area contributed by atoms with Crippen molar-refractivity contribution in [1.29, 1.82) is 5.26 Å². The van der Waals surface area contributed by atoms with Crippen molar-refractivity contribution in [2.24, 2.45) is 0 Å². The van der Waals surface area contributed by atoms with Crippen LogP contribution in [0.4, 0.5) is 4.39 Å². The normalized spacial score (nSPS) is 12.1. The molecule has 0 fully saturated rings. The van der Waals surface area contributed by atoms with Crippen LogP contribution in [-0.4, -0.2) is 9.97 Å². The summed E-state index contributed by atoms with van der Waals surface area (Å²) in [5.74, 6) is -0.682. The highest BCUT2D eigenvalue weighted by Crippen LogP contribution is 2.26. The molecule has 0 saturated heterocycles. The number of H-pyrrole nitrogens is 1. The van der Waals surface area contributed by atoms with Gasteiger partial charge in [0.2, 0.25) is 0 Å². The Balaban J connectivity index is 2.50. The standard InChI is InChI=1S/C11H7BrFN3/c12-7-1-2-10(13)8(5-7)9(6-14)11-15-3-4-16-11/h1-5,9H,(H,15,16). The van der Waals surface area contributed by atoms with E-state index in [2.05, 4.69) is 25.9 Å². The molecule has 1 aromatic heterocycles. The van der Waals surface area contributed by atoms with E-state index in [1.807, 2.05) is 6.07 Å². The van der Waals surface area contributed by atoms with Gasteiger partial charge < -0.3 is 4.98 Å². The number of rotatable bonds is 2. The number of halogens is 2. The Kier molecular flexibility index (Phi) is 3.02. The molecule has 1 atom stereocenters. The molecule has 0 bridgehead atoms. The van der Waals surface area contributed by atoms with E-state index in [-0.39, 0.29) is 0 Å². The second kappa shape index (κ2) is 4.45. The van der Waals surface area contributed by atoms with Crippen LogP contribution in [0, 0.1) is 17.1 Å². The van der Waals surface area contributed by atoms with Crippen LogP contribution in [-0.2, 0) is 0 Å². The van der Waals surface area contributed by atoms with Crippen molar-refractivity contribution in [3.05, 3.63) is 52.3 Å². The fraction of sp³-hybridized carbons (Fsp3) is 0.0909. The third kappa shape index (κ3) is 1.97. The zero-order valence-corrected chi connectivity index (χ0v) is 9.70. The van der Waals surface area contributed by atoms with Crippen molar-refractivity contribution in [2.75, 3.05) is 0 Å². The lowest BCUT2D eigenvalue weighted by atomic mass is 9.99. The molecule has 0 radical (unpaired) electrons. The number of aromatic nitrogens is 2. The van der Waals surface area contributed by atoms with Gasteiger partial charge in [-0.1, -0.05) is 15.9 Å². The van der Waals surface area contributed by atoms with Gasteiger partial charge in [0.25, 0.3) is 0 Å². The molecule has 0 saturated carbocycles. The second-order valence-electron chi connectivity index (χ2n) is 3.20. The Labute approximate surface area is 100 Å². The minimum Gasteiger partial charge on any atom is -0.347 e. The highest BCUT2D eigenvalue weighted by Gasteiger charge is 2.19. The molecule has 0 aliphatic rings. The van der Waals surface area contributed by atoms with E-state index in [1.165, 1.54) is 12.3 Å². The van der Waals surface area contributed by atoms with E-state index in [4.69, 9.17) is 5.26 Å². The molecule has 0 aliphatic heterocycles. The second-order valence-corrected chi connectivity index (χ2v) is 4.12. The van der Waals surface area contributed by atoms with Gasteiger partial charge in [0.05, 0.1) is 6.07 Å². The summed E-state index contributed by atoms with van der Waals surface area (Å²) in [5.41, 5.74) is 0.312. The van der Waals surface area contributed by atoms with Crippen molar-refractivity contribution in [3.63, 3.8) is 0 Å². The monoisotopic (exact) mass is 279 g/mol. The van der Waals surface area contributed by atoms with Crippen LogP contribution < -0.4 is 0 Å². The Bertz CT molecular complexity index is 531. The third-order valence-electron chi connectivity index (χ3n) is 2.19. The number of aromatic amines is 1. The molecular formula is C11H7BrFN3. The highest BCUT2D eigenvalue weighted by atomic mass is 79.9. The summed E-state index contributed by atoms with van der Waals surface area (Å²) in [4.78, 5) is 6.79. The largest absolute Gasteiger partial charge is 0.347 e. The molecule has 1 unspecified atom stereocenters. The molecule has 2 rings (SSSR count). The number of hydrogen-bond acceptors (Lipinski definition) is 2. The summed E-state index contributed by atoms with van der Waals surface area (Å²) >= 11 is 3.25. The quantitative estimate of drug-likeness (QED) is 0.919. The first-order valence-electron chi connectivity index (χ1n) is 4.56. The van der Waals surface area contributed by atoms with E-state index in [0.29, 0.717) is 11.4 Å². The van der Waals surface area contributed by atoms with Crippen molar-refractivity contribution >= 4 is 15.9 Å². The van der Waals surface area contributed by atoms with Gasteiger partial charge >= 0.3 is 0 Å². The molecule has 2 aromatic rings. The molecular weight excluding hydrogens is 273 g/mol. The topological polar surface area (TPSA) is 52.5 Å². The maximum atomic E-state index is 13.6. The summed E-state index contributed by atoms with van der Waals surface area (Å²) in [5, 5.41) is 9.07. The minimum absolute atomic E-state index is 0.312.